The molecule has 0 atom stereocenters. The van der Waals surface area contributed by atoms with Gasteiger partial charge in [0.2, 0.25) is 0 Å². The van der Waals surface area contributed by atoms with E-state index in [0.717, 1.165) is 16.8 Å². The summed E-state index contributed by atoms with van der Waals surface area (Å²) in [4.78, 5) is 17.4. The lowest BCUT2D eigenvalue weighted by atomic mass is 9.96. The molecule has 0 radical (unpaired) electrons. The van der Waals surface area contributed by atoms with E-state index in [2.05, 4.69) is 10.1 Å². The first-order valence-corrected chi connectivity index (χ1v) is 9.17. The van der Waals surface area contributed by atoms with Crippen LogP contribution in [-0.4, -0.2) is 25.5 Å². The molecule has 2 aromatic heterocycles. The summed E-state index contributed by atoms with van der Waals surface area (Å²) in [6.07, 6.45) is 1.90. The number of carbonyl (C=O) groups is 1. The van der Waals surface area contributed by atoms with Crippen LogP contribution in [0.1, 0.15) is 35.5 Å². The number of hydrogen-bond donors (Lipinski definition) is 1. The molecule has 1 N–H and O–H groups in total. The third-order valence-corrected chi connectivity index (χ3v) is 4.74. The van der Waals surface area contributed by atoms with Crippen molar-refractivity contribution in [3.8, 4) is 11.3 Å². The molecule has 0 fully saturated rings. The molecule has 0 aliphatic carbocycles. The van der Waals surface area contributed by atoms with Gasteiger partial charge in [0, 0.05) is 17.2 Å². The molecule has 0 amide bonds. The van der Waals surface area contributed by atoms with Crippen molar-refractivity contribution in [1.29, 1.82) is 0 Å². The molecule has 5 nitrogen and oxygen atoms in total. The van der Waals surface area contributed by atoms with Crippen LogP contribution in [0.15, 0.2) is 72.9 Å². The number of aromatic nitrogens is 3. The zero-order chi connectivity index (χ0) is 19.7. The second kappa shape index (κ2) is 7.02. The van der Waals surface area contributed by atoms with Gasteiger partial charge in [-0.15, -0.1) is 0 Å². The normalized spacial score (nSPS) is 11.7. The molecule has 4 aromatic rings. The summed E-state index contributed by atoms with van der Waals surface area (Å²) in [5.41, 5.74) is 3.77. The number of Topliss-reactive ketones (excluding diaryl/α,β-unsaturated/α-hetero) is 1. The third-order valence-electron chi connectivity index (χ3n) is 4.74. The van der Waals surface area contributed by atoms with Crippen LogP contribution >= 0.6 is 0 Å². The van der Waals surface area contributed by atoms with Gasteiger partial charge in [-0.25, -0.2) is 9.50 Å². The largest absolute Gasteiger partial charge is 0.386 e. The van der Waals surface area contributed by atoms with Gasteiger partial charge in [0.05, 0.1) is 29.6 Å². The van der Waals surface area contributed by atoms with Crippen molar-refractivity contribution in [2.45, 2.75) is 25.9 Å². The molecule has 0 aliphatic rings. The molecule has 4 rings (SSSR count). The van der Waals surface area contributed by atoms with Crippen molar-refractivity contribution in [2.24, 2.45) is 0 Å². The van der Waals surface area contributed by atoms with E-state index in [1.807, 2.05) is 42.5 Å². The summed E-state index contributed by atoms with van der Waals surface area (Å²) in [5, 5.41) is 14.4. The fourth-order valence-electron chi connectivity index (χ4n) is 3.20. The Hall–Kier alpha value is -3.31. The molecule has 0 unspecified atom stereocenters. The number of benzene rings is 2. The van der Waals surface area contributed by atoms with Crippen LogP contribution in [0, 0.1) is 0 Å². The quantitative estimate of drug-likeness (QED) is 0.538. The number of ketones is 1. The van der Waals surface area contributed by atoms with Gasteiger partial charge in [-0.3, -0.25) is 4.79 Å². The van der Waals surface area contributed by atoms with E-state index in [-0.39, 0.29) is 12.2 Å². The standard InChI is InChI=1S/C23H21N3O2/c1-23(2,28)18-10-8-17(9-11-18)21(27)15-19-14-20(16-6-4-3-5-7-16)26-22(25-19)12-13-24-26/h3-14,28H,15H2,1-2H3. The van der Waals surface area contributed by atoms with E-state index in [1.54, 1.807) is 48.8 Å². The highest BCUT2D eigenvalue weighted by Gasteiger charge is 2.17. The van der Waals surface area contributed by atoms with Gasteiger partial charge in [0.1, 0.15) is 0 Å². The van der Waals surface area contributed by atoms with Crippen molar-refractivity contribution in [3.05, 3.63) is 89.7 Å². The molecular weight excluding hydrogens is 350 g/mol. The molecule has 0 saturated carbocycles. The van der Waals surface area contributed by atoms with Crippen LogP contribution in [-0.2, 0) is 12.0 Å². The highest BCUT2D eigenvalue weighted by Crippen LogP contribution is 2.23. The molecule has 2 aromatic carbocycles. The SMILES string of the molecule is CC(C)(O)c1ccc(C(=O)Cc2cc(-c3ccccc3)n3nccc3n2)cc1. The summed E-state index contributed by atoms with van der Waals surface area (Å²) in [7, 11) is 0. The van der Waals surface area contributed by atoms with Crippen molar-refractivity contribution in [1.82, 2.24) is 14.6 Å². The van der Waals surface area contributed by atoms with Crippen molar-refractivity contribution in [2.75, 3.05) is 0 Å². The number of hydrogen-bond acceptors (Lipinski definition) is 4. The van der Waals surface area contributed by atoms with E-state index in [1.165, 1.54) is 0 Å². The molecule has 5 heteroatoms. The number of rotatable bonds is 5. The number of carbonyl (C=O) groups excluding carboxylic acids is 1. The second-order valence-electron chi connectivity index (χ2n) is 7.34. The molecular formula is C23H21N3O2. The molecule has 28 heavy (non-hydrogen) atoms. The first-order chi connectivity index (χ1) is 13.4. The Balaban J connectivity index is 1.66. The van der Waals surface area contributed by atoms with E-state index < -0.39 is 5.60 Å². The number of nitrogens with zero attached hydrogens (tertiary/aromatic N) is 3. The zero-order valence-electron chi connectivity index (χ0n) is 15.8. The molecule has 0 aliphatic heterocycles. The van der Waals surface area contributed by atoms with Crippen LogP contribution < -0.4 is 0 Å². The maximum Gasteiger partial charge on any atom is 0.168 e. The monoisotopic (exact) mass is 371 g/mol. The van der Waals surface area contributed by atoms with E-state index in [9.17, 15) is 9.90 Å². The average Bonchev–Trinajstić information content (AvgIpc) is 3.16. The Morgan fingerprint density at radius 1 is 1.04 bits per heavy atom. The average molecular weight is 371 g/mol. The third kappa shape index (κ3) is 3.57. The molecule has 2 heterocycles. The van der Waals surface area contributed by atoms with Crippen LogP contribution in [0.5, 0.6) is 0 Å². The van der Waals surface area contributed by atoms with Crippen LogP contribution in [0.4, 0.5) is 0 Å². The summed E-state index contributed by atoms with van der Waals surface area (Å²) in [6.45, 7) is 3.44. The Morgan fingerprint density at radius 3 is 2.43 bits per heavy atom. The fraction of sp³-hybridized carbons (Fsp3) is 0.174. The first-order valence-electron chi connectivity index (χ1n) is 9.17. The Bertz CT molecular complexity index is 1120. The molecule has 0 bridgehead atoms. The minimum absolute atomic E-state index is 0.0160. The fourth-order valence-corrected chi connectivity index (χ4v) is 3.20. The molecule has 0 spiro atoms. The van der Waals surface area contributed by atoms with Gasteiger partial charge < -0.3 is 5.11 Å². The lowest BCUT2D eigenvalue weighted by molar-refractivity contribution is 0.0784. The van der Waals surface area contributed by atoms with Crippen molar-refractivity contribution >= 4 is 11.4 Å². The van der Waals surface area contributed by atoms with E-state index in [4.69, 9.17) is 0 Å². The minimum atomic E-state index is -0.930. The summed E-state index contributed by atoms with van der Waals surface area (Å²) >= 11 is 0. The molecule has 140 valence electrons. The maximum atomic E-state index is 12.8. The van der Waals surface area contributed by atoms with E-state index >= 15 is 0 Å². The highest BCUT2D eigenvalue weighted by molar-refractivity contribution is 5.97. The number of aliphatic hydroxyl groups is 1. The van der Waals surface area contributed by atoms with Gasteiger partial charge in [0.25, 0.3) is 0 Å². The van der Waals surface area contributed by atoms with Crippen molar-refractivity contribution < 1.29 is 9.90 Å². The summed E-state index contributed by atoms with van der Waals surface area (Å²) in [5.74, 6) is -0.0160. The van der Waals surface area contributed by atoms with E-state index in [0.29, 0.717) is 16.9 Å². The lowest BCUT2D eigenvalue weighted by Gasteiger charge is -2.17. The predicted octanol–water partition coefficient (Wildman–Crippen LogP) is 4.05. The summed E-state index contributed by atoms with van der Waals surface area (Å²) < 4.78 is 1.78. The minimum Gasteiger partial charge on any atom is -0.386 e. The zero-order valence-corrected chi connectivity index (χ0v) is 15.8. The number of fused-ring (bicyclic) bond motifs is 1. The van der Waals surface area contributed by atoms with Crippen molar-refractivity contribution in [3.63, 3.8) is 0 Å². The van der Waals surface area contributed by atoms with Crippen LogP contribution in [0.2, 0.25) is 0 Å². The van der Waals surface area contributed by atoms with Gasteiger partial charge in [-0.05, 0) is 25.5 Å². The second-order valence-corrected chi connectivity index (χ2v) is 7.34. The van der Waals surface area contributed by atoms with Crippen LogP contribution in [0.3, 0.4) is 0 Å². The first kappa shape index (κ1) is 18.1. The molecule has 0 saturated heterocycles. The van der Waals surface area contributed by atoms with Gasteiger partial charge in [0.15, 0.2) is 11.4 Å². The Kier molecular flexibility index (Phi) is 4.53. The van der Waals surface area contributed by atoms with Gasteiger partial charge >= 0.3 is 0 Å². The lowest BCUT2D eigenvalue weighted by Crippen LogP contribution is -2.15. The Morgan fingerprint density at radius 2 is 1.75 bits per heavy atom. The predicted molar refractivity (Wildman–Crippen MR) is 108 cm³/mol. The van der Waals surface area contributed by atoms with Crippen LogP contribution in [0.25, 0.3) is 16.9 Å². The highest BCUT2D eigenvalue weighted by atomic mass is 16.3. The van der Waals surface area contributed by atoms with Gasteiger partial charge in [-0.2, -0.15) is 5.10 Å². The topological polar surface area (TPSA) is 67.5 Å². The maximum absolute atomic E-state index is 12.8. The smallest absolute Gasteiger partial charge is 0.168 e. The van der Waals surface area contributed by atoms with Gasteiger partial charge in [-0.1, -0.05) is 54.6 Å². The Labute approximate surface area is 163 Å². The summed E-state index contributed by atoms with van der Waals surface area (Å²) in [6, 6.07) is 20.8.